The molecule has 0 atom stereocenters. The van der Waals surface area contributed by atoms with Gasteiger partial charge < -0.3 is 10.6 Å². The second kappa shape index (κ2) is 13.6. The number of amides is 2. The number of carbonyl (C=O) groups excluding carboxylic acids is 2. The van der Waals surface area contributed by atoms with Gasteiger partial charge in [0.05, 0.1) is 6.54 Å². The summed E-state index contributed by atoms with van der Waals surface area (Å²) in [5.74, 6) is -0.320. The fraction of sp³-hybridized carbons (Fsp3) is 0.229. The van der Waals surface area contributed by atoms with E-state index in [1.165, 1.54) is 43.2 Å². The third-order valence-corrected chi connectivity index (χ3v) is 7.87. The molecule has 1 saturated carbocycles. The van der Waals surface area contributed by atoms with Gasteiger partial charge in [0, 0.05) is 21.9 Å². The number of carbonyl (C=O) groups is 2. The average Bonchev–Trinajstić information content (AvgIpc) is 3.05. The van der Waals surface area contributed by atoms with Crippen LogP contribution >= 0.6 is 0 Å². The monoisotopic (exact) mass is 558 g/mol. The molecular weight excluding hydrogens is 522 g/mol. The summed E-state index contributed by atoms with van der Waals surface area (Å²) in [6, 6.07) is 33.5. The molecule has 0 aromatic heterocycles. The zero-order chi connectivity index (χ0) is 29.3. The number of guanidine groups is 1. The highest BCUT2D eigenvalue weighted by Gasteiger charge is 2.21. The Balaban J connectivity index is 1.39. The molecule has 0 saturated heterocycles. The third-order valence-electron chi connectivity index (χ3n) is 7.87. The maximum absolute atomic E-state index is 14.0. The predicted octanol–water partition coefficient (Wildman–Crippen LogP) is 5.84. The van der Waals surface area contributed by atoms with Crippen LogP contribution in [0.25, 0.3) is 0 Å². The molecule has 7 heteroatoms. The van der Waals surface area contributed by atoms with Gasteiger partial charge in [-0.15, -0.1) is 5.53 Å². The zero-order valence-corrected chi connectivity index (χ0v) is 23.7. The van der Waals surface area contributed by atoms with Crippen LogP contribution in [0.3, 0.4) is 0 Å². The molecule has 7 nitrogen and oxygen atoms in total. The zero-order valence-electron chi connectivity index (χ0n) is 23.7. The average molecular weight is 559 g/mol. The normalized spacial score (nSPS) is 13.9. The highest BCUT2D eigenvalue weighted by molar-refractivity contribution is 6.06. The van der Waals surface area contributed by atoms with E-state index in [9.17, 15) is 9.59 Å². The number of anilines is 1. The summed E-state index contributed by atoms with van der Waals surface area (Å²) in [6.07, 6.45) is 7.10. The molecule has 0 heterocycles. The summed E-state index contributed by atoms with van der Waals surface area (Å²) in [5, 5.41) is 3.22. The largest absolute Gasteiger partial charge is 0.363 e. The second-order valence-electron chi connectivity index (χ2n) is 10.8. The molecule has 0 radical (unpaired) electrons. The van der Waals surface area contributed by atoms with E-state index in [2.05, 4.69) is 46.5 Å². The number of aliphatic imine (C=N–C) groups is 1. The predicted molar refractivity (Wildman–Crippen MR) is 165 cm³/mol. The molecule has 1 aliphatic carbocycles. The SMILES string of the molecule is NC(N=[NH2+])=NC(=O)c1ccc(CN(C(=O)c2ccc(Cc3ccccc3)cc2)c2ccc(C3CCCCC3)cc2)cc1. The molecule has 1 fully saturated rings. The molecule has 0 spiro atoms. The highest BCUT2D eigenvalue weighted by Crippen LogP contribution is 2.34. The van der Waals surface area contributed by atoms with Crippen molar-refractivity contribution in [3.63, 3.8) is 0 Å². The molecule has 4 aromatic rings. The van der Waals surface area contributed by atoms with Crippen LogP contribution < -0.4 is 16.2 Å². The maximum atomic E-state index is 14.0. The summed E-state index contributed by atoms with van der Waals surface area (Å²) in [5.41, 5.74) is 16.9. The minimum absolute atomic E-state index is 0.0891. The molecule has 1 aliphatic rings. The van der Waals surface area contributed by atoms with Crippen LogP contribution in [0.15, 0.2) is 113 Å². The summed E-state index contributed by atoms with van der Waals surface area (Å²) >= 11 is 0. The smallest absolute Gasteiger partial charge is 0.288 e. The van der Waals surface area contributed by atoms with Gasteiger partial charge in [0.15, 0.2) is 0 Å². The first-order chi connectivity index (χ1) is 20.5. The van der Waals surface area contributed by atoms with Gasteiger partial charge in [-0.2, -0.15) is 4.99 Å². The highest BCUT2D eigenvalue weighted by atomic mass is 16.2. The quantitative estimate of drug-likeness (QED) is 0.161. The van der Waals surface area contributed by atoms with Crippen LogP contribution in [0.1, 0.15) is 81.0 Å². The second-order valence-corrected chi connectivity index (χ2v) is 10.8. The molecule has 5 rings (SSSR count). The molecule has 42 heavy (non-hydrogen) atoms. The van der Waals surface area contributed by atoms with Gasteiger partial charge in [0.2, 0.25) is 0 Å². The number of benzene rings is 4. The van der Waals surface area contributed by atoms with Crippen LogP contribution in [-0.4, -0.2) is 17.8 Å². The third kappa shape index (κ3) is 7.23. The van der Waals surface area contributed by atoms with Gasteiger partial charge in [0.1, 0.15) is 0 Å². The van der Waals surface area contributed by atoms with E-state index in [0.29, 0.717) is 23.6 Å². The lowest BCUT2D eigenvalue weighted by Gasteiger charge is -2.25. The maximum Gasteiger partial charge on any atom is 0.288 e. The number of nitrogens with two attached hydrogens (primary N) is 2. The number of nitrogens with zero attached hydrogens (tertiary/aromatic N) is 3. The molecule has 4 aromatic carbocycles. The van der Waals surface area contributed by atoms with Crippen molar-refractivity contribution in [2.45, 2.75) is 51.0 Å². The summed E-state index contributed by atoms with van der Waals surface area (Å²) in [6.45, 7) is 0.339. The number of rotatable bonds is 8. The minimum atomic E-state index is -0.532. The van der Waals surface area contributed by atoms with Crippen LogP contribution in [-0.2, 0) is 13.0 Å². The Bertz CT molecular complexity index is 1540. The molecule has 212 valence electrons. The van der Waals surface area contributed by atoms with E-state index in [-0.39, 0.29) is 11.9 Å². The number of hydrogen-bond donors (Lipinski definition) is 2. The number of hydrogen-bond acceptors (Lipinski definition) is 2. The Labute approximate surface area is 246 Å². The summed E-state index contributed by atoms with van der Waals surface area (Å²) in [4.78, 5) is 31.7. The lowest BCUT2D eigenvalue weighted by molar-refractivity contribution is -0.207. The van der Waals surface area contributed by atoms with Gasteiger partial charge >= 0.3 is 0 Å². The van der Waals surface area contributed by atoms with Crippen molar-refractivity contribution >= 4 is 23.5 Å². The molecule has 0 unspecified atom stereocenters. The topological polar surface area (TPSA) is 114 Å². The Morgan fingerprint density at radius 1 is 0.738 bits per heavy atom. The van der Waals surface area contributed by atoms with E-state index in [1.54, 1.807) is 17.0 Å². The van der Waals surface area contributed by atoms with E-state index in [0.717, 1.165) is 23.2 Å². The lowest BCUT2D eigenvalue weighted by Crippen LogP contribution is -2.30. The standard InChI is InChI=1S/C35H35N5O2/c36-35(39-37)38-33(41)30-15-13-27(14-16-30)24-40(32-21-19-29(20-22-32)28-9-5-2-6-10-28)34(42)31-17-11-26(12-18-31)23-25-7-3-1-4-8-25/h1,3-4,7-8,11-22,28,37H,2,5-6,9-10,23-24H2,(H2,36,38,41)/p+1. The van der Waals surface area contributed by atoms with Crippen LogP contribution in [0.4, 0.5) is 5.69 Å². The Morgan fingerprint density at radius 2 is 1.33 bits per heavy atom. The Hall–Kier alpha value is -4.91. The first kappa shape index (κ1) is 28.6. The van der Waals surface area contributed by atoms with Crippen LogP contribution in [0.2, 0.25) is 0 Å². The van der Waals surface area contributed by atoms with Crippen molar-refractivity contribution < 1.29 is 15.1 Å². The van der Waals surface area contributed by atoms with E-state index >= 15 is 0 Å². The van der Waals surface area contributed by atoms with Crippen molar-refractivity contribution in [1.29, 1.82) is 0 Å². The molecular formula is C35H36N5O2+. The van der Waals surface area contributed by atoms with Crippen molar-refractivity contribution in [1.82, 2.24) is 0 Å². The van der Waals surface area contributed by atoms with Crippen LogP contribution in [0.5, 0.6) is 0 Å². The molecule has 0 aliphatic heterocycles. The lowest BCUT2D eigenvalue weighted by atomic mass is 9.84. The van der Waals surface area contributed by atoms with Crippen molar-refractivity contribution in [2.75, 3.05) is 4.90 Å². The first-order valence-electron chi connectivity index (χ1n) is 14.4. The van der Waals surface area contributed by atoms with E-state index < -0.39 is 5.91 Å². The van der Waals surface area contributed by atoms with Gasteiger partial charge in [0.25, 0.3) is 17.8 Å². The van der Waals surface area contributed by atoms with Crippen molar-refractivity contribution in [2.24, 2.45) is 15.8 Å². The first-order valence-corrected chi connectivity index (χ1v) is 14.4. The van der Waals surface area contributed by atoms with E-state index in [1.807, 2.05) is 54.6 Å². The summed E-state index contributed by atoms with van der Waals surface area (Å²) < 4.78 is 0. The fourth-order valence-corrected chi connectivity index (χ4v) is 5.53. The van der Waals surface area contributed by atoms with Gasteiger partial charge in [-0.05, 0) is 83.8 Å². The van der Waals surface area contributed by atoms with Gasteiger partial charge in [-0.3, -0.25) is 9.59 Å². The fourth-order valence-electron chi connectivity index (χ4n) is 5.53. The summed E-state index contributed by atoms with van der Waals surface area (Å²) in [7, 11) is 0. The van der Waals surface area contributed by atoms with E-state index in [4.69, 9.17) is 11.3 Å². The minimum Gasteiger partial charge on any atom is -0.363 e. The Morgan fingerprint density at radius 3 is 1.98 bits per heavy atom. The van der Waals surface area contributed by atoms with Gasteiger partial charge in [-0.1, -0.05) is 86.0 Å². The van der Waals surface area contributed by atoms with Crippen molar-refractivity contribution in [3.05, 3.63) is 137 Å². The molecule has 0 bridgehead atoms. The van der Waals surface area contributed by atoms with Crippen molar-refractivity contribution in [3.8, 4) is 0 Å². The molecule has 4 N–H and O–H groups in total. The van der Waals surface area contributed by atoms with Crippen LogP contribution in [0, 0.1) is 0 Å². The Kier molecular flexibility index (Phi) is 9.29. The molecule has 2 amide bonds. The van der Waals surface area contributed by atoms with Gasteiger partial charge in [-0.25, -0.2) is 0 Å².